The molecule has 12 heteroatoms. The minimum atomic E-state index is -1.52. The van der Waals surface area contributed by atoms with Gasteiger partial charge < -0.3 is 33.2 Å². The highest BCUT2D eigenvalue weighted by Gasteiger charge is 2.70. The SMILES string of the molecule is COC(=O)[C@H]1OC(O[C@H]2CC[C@]3(C)[C@H]4CC=C5[C@@H]6CC(C)(C)CC[C@]6(C(=O)OCc6ccccc6)CC[C@@]5(C)[C@]4(C)CC[C@H]3C2(C)C)[C@H](OC(C)=O)[C@@H](OC(C)=O)[C@@H]1OC(C)=O. The van der Waals surface area contributed by atoms with Crippen LogP contribution < -0.4 is 0 Å². The summed E-state index contributed by atoms with van der Waals surface area (Å²) in [4.78, 5) is 64.9. The molecule has 1 aromatic rings. The lowest BCUT2D eigenvalue weighted by molar-refractivity contribution is -0.327. The van der Waals surface area contributed by atoms with Crippen LogP contribution in [0.4, 0.5) is 0 Å². The lowest BCUT2D eigenvalue weighted by atomic mass is 9.33. The van der Waals surface area contributed by atoms with Crippen molar-refractivity contribution in [3.63, 3.8) is 0 Å². The summed E-state index contributed by atoms with van der Waals surface area (Å²) in [7, 11) is 1.18. The average Bonchev–Trinajstić information content (AvgIpc) is 3.19. The molecule has 1 saturated heterocycles. The predicted octanol–water partition coefficient (Wildman–Crippen LogP) is 8.61. The topological polar surface area (TPSA) is 150 Å². The summed E-state index contributed by atoms with van der Waals surface area (Å²) >= 11 is 0. The number of hydrogen-bond donors (Lipinski definition) is 0. The number of carbonyl (C=O) groups excluding carboxylic acids is 5. The molecule has 0 radical (unpaired) electrons. The largest absolute Gasteiger partial charge is 0.467 e. The molecule has 7 rings (SSSR count). The number of hydrogen-bond acceptors (Lipinski definition) is 12. The molecule has 0 spiro atoms. The number of carbonyl (C=O) groups is 5. The minimum absolute atomic E-state index is 0.0165. The van der Waals surface area contributed by atoms with Gasteiger partial charge in [-0.1, -0.05) is 90.4 Å². The second-order valence-corrected chi connectivity index (χ2v) is 21.6. The van der Waals surface area contributed by atoms with Crippen molar-refractivity contribution < 1.29 is 57.1 Å². The third kappa shape index (κ3) is 7.81. The third-order valence-corrected chi connectivity index (χ3v) is 17.3. The van der Waals surface area contributed by atoms with Crippen molar-refractivity contribution >= 4 is 29.8 Å². The fourth-order valence-electron chi connectivity index (χ4n) is 14.0. The summed E-state index contributed by atoms with van der Waals surface area (Å²) in [6, 6.07) is 9.98. The monoisotopic (exact) mass is 862 g/mol. The molecule has 1 unspecified atom stereocenters. The van der Waals surface area contributed by atoms with Crippen LogP contribution in [-0.4, -0.2) is 73.8 Å². The Hall–Kier alpha value is -3.77. The van der Waals surface area contributed by atoms with Gasteiger partial charge in [0.2, 0.25) is 0 Å². The van der Waals surface area contributed by atoms with Crippen LogP contribution in [0, 0.1) is 50.2 Å². The van der Waals surface area contributed by atoms with E-state index in [9.17, 15) is 24.0 Å². The maximum atomic E-state index is 14.5. The number of esters is 5. The maximum absolute atomic E-state index is 14.5. The Morgan fingerprint density at radius 1 is 0.726 bits per heavy atom. The first-order valence-electron chi connectivity index (χ1n) is 22.8. The van der Waals surface area contributed by atoms with Crippen molar-refractivity contribution in [1.29, 1.82) is 0 Å². The van der Waals surface area contributed by atoms with E-state index in [2.05, 4.69) is 54.5 Å². The second-order valence-electron chi connectivity index (χ2n) is 21.6. The highest BCUT2D eigenvalue weighted by Crippen LogP contribution is 2.76. The molecule has 0 amide bonds. The first-order chi connectivity index (χ1) is 29.0. The van der Waals surface area contributed by atoms with Crippen molar-refractivity contribution in [3.8, 4) is 0 Å². The summed E-state index contributed by atoms with van der Waals surface area (Å²) in [6.45, 7) is 20.6. The highest BCUT2D eigenvalue weighted by atomic mass is 16.7. The van der Waals surface area contributed by atoms with Gasteiger partial charge in [0.25, 0.3) is 0 Å². The average molecular weight is 863 g/mol. The van der Waals surface area contributed by atoms with Crippen LogP contribution in [0.25, 0.3) is 0 Å². The van der Waals surface area contributed by atoms with Crippen molar-refractivity contribution in [2.24, 2.45) is 50.2 Å². The van der Waals surface area contributed by atoms with Gasteiger partial charge >= 0.3 is 29.8 Å². The van der Waals surface area contributed by atoms with Crippen molar-refractivity contribution in [1.82, 2.24) is 0 Å². The number of benzene rings is 1. The van der Waals surface area contributed by atoms with E-state index in [1.165, 1.54) is 26.5 Å². The van der Waals surface area contributed by atoms with Gasteiger partial charge in [-0.05, 0) is 115 Å². The highest BCUT2D eigenvalue weighted by molar-refractivity contribution is 5.79. The normalized spacial score (nSPS) is 40.4. The van der Waals surface area contributed by atoms with Crippen LogP contribution in [0.3, 0.4) is 0 Å². The molecule has 342 valence electrons. The molecule has 0 bridgehead atoms. The molecule has 13 atom stereocenters. The molecule has 0 aromatic heterocycles. The van der Waals surface area contributed by atoms with Crippen LogP contribution >= 0.6 is 0 Å². The Morgan fingerprint density at radius 2 is 1.35 bits per heavy atom. The summed E-state index contributed by atoms with van der Waals surface area (Å²) < 4.78 is 41.3. The van der Waals surface area contributed by atoms with E-state index >= 15 is 0 Å². The molecule has 0 N–H and O–H groups in total. The van der Waals surface area contributed by atoms with Crippen LogP contribution in [0.1, 0.15) is 139 Å². The second kappa shape index (κ2) is 16.7. The number of rotatable bonds is 9. The van der Waals surface area contributed by atoms with Crippen LogP contribution in [0.2, 0.25) is 0 Å². The van der Waals surface area contributed by atoms with Gasteiger partial charge in [-0.2, -0.15) is 0 Å². The lowest BCUT2D eigenvalue weighted by Crippen LogP contribution is -2.67. The third-order valence-electron chi connectivity index (χ3n) is 17.3. The van der Waals surface area contributed by atoms with Crippen LogP contribution in [-0.2, 0) is 63.7 Å². The quantitative estimate of drug-likeness (QED) is 0.101. The van der Waals surface area contributed by atoms with E-state index in [1.54, 1.807) is 0 Å². The van der Waals surface area contributed by atoms with Crippen molar-refractivity contribution in [2.75, 3.05) is 7.11 Å². The molecule has 1 aliphatic heterocycles. The molecule has 6 aliphatic rings. The number of ether oxygens (including phenoxy) is 7. The standard InChI is InChI=1S/C50H70O12/c1-29(51)58-38-39(59-30(2)52)41(60-31(3)53)43(62-40(38)42(54)56-11)61-37-20-21-47(8)35(46(37,6)7)19-22-49(10)36(47)18-17-33-34-27-45(4,5)23-25-50(34,26-24-48(33,49)9)44(55)57-28-32-15-13-12-14-16-32/h12-17,34-41,43H,18-28H2,1-11H3/t34-,35-,36+,37-,38-,39-,40-,41+,43?,47-,48+,49+,50-/m0/s1. The maximum Gasteiger partial charge on any atom is 0.339 e. The molecule has 5 fully saturated rings. The zero-order valence-electron chi connectivity index (χ0n) is 38.8. The van der Waals surface area contributed by atoms with Gasteiger partial charge in [0.1, 0.15) is 6.61 Å². The van der Waals surface area contributed by atoms with Gasteiger partial charge in [0.15, 0.2) is 30.7 Å². The first kappa shape index (κ1) is 46.2. The number of allylic oxidation sites excluding steroid dienone is 2. The Labute approximate surface area is 367 Å². The van der Waals surface area contributed by atoms with Gasteiger partial charge in [0.05, 0.1) is 18.6 Å². The van der Waals surface area contributed by atoms with Gasteiger partial charge in [0, 0.05) is 20.8 Å². The van der Waals surface area contributed by atoms with E-state index in [0.29, 0.717) is 18.9 Å². The molecular weight excluding hydrogens is 793 g/mol. The van der Waals surface area contributed by atoms with Crippen LogP contribution in [0.5, 0.6) is 0 Å². The van der Waals surface area contributed by atoms with E-state index < -0.39 is 71.5 Å². The molecule has 62 heavy (non-hydrogen) atoms. The molecule has 5 aliphatic carbocycles. The van der Waals surface area contributed by atoms with E-state index in [1.807, 2.05) is 30.3 Å². The van der Waals surface area contributed by atoms with Gasteiger partial charge in [-0.15, -0.1) is 0 Å². The smallest absolute Gasteiger partial charge is 0.339 e. The number of methoxy groups -OCH3 is 1. The van der Waals surface area contributed by atoms with Crippen molar-refractivity contribution in [3.05, 3.63) is 47.5 Å². The lowest BCUT2D eigenvalue weighted by Gasteiger charge is -2.71. The Bertz CT molecular complexity index is 1940. The zero-order chi connectivity index (χ0) is 45.2. The van der Waals surface area contributed by atoms with Crippen molar-refractivity contribution in [2.45, 2.75) is 177 Å². The van der Waals surface area contributed by atoms with Gasteiger partial charge in [-0.3, -0.25) is 19.2 Å². The molecular formula is C50H70O12. The number of fused-ring (bicyclic) bond motifs is 7. The summed E-state index contributed by atoms with van der Waals surface area (Å²) in [5, 5.41) is 0. The van der Waals surface area contributed by atoms with E-state index in [-0.39, 0.29) is 39.5 Å². The Morgan fingerprint density at radius 3 is 2.00 bits per heavy atom. The zero-order valence-corrected chi connectivity index (χ0v) is 38.8. The molecule has 12 nitrogen and oxygen atoms in total. The van der Waals surface area contributed by atoms with Gasteiger partial charge in [-0.25, -0.2) is 4.79 Å². The molecule has 1 heterocycles. The van der Waals surface area contributed by atoms with E-state index in [4.69, 9.17) is 33.2 Å². The Kier molecular flexibility index (Phi) is 12.4. The summed E-state index contributed by atoms with van der Waals surface area (Å²) in [6.07, 6.45) is 4.10. The van der Waals surface area contributed by atoms with E-state index in [0.717, 1.165) is 70.3 Å². The molecule has 4 saturated carbocycles. The van der Waals surface area contributed by atoms with Crippen LogP contribution in [0.15, 0.2) is 42.0 Å². The fourth-order valence-corrected chi connectivity index (χ4v) is 14.0. The summed E-state index contributed by atoms with van der Waals surface area (Å²) in [5.74, 6) is -2.33. The predicted molar refractivity (Wildman–Crippen MR) is 227 cm³/mol. The minimum Gasteiger partial charge on any atom is -0.467 e. The summed E-state index contributed by atoms with van der Waals surface area (Å²) in [5.41, 5.74) is 1.49. The molecule has 1 aromatic carbocycles. The Balaban J connectivity index is 1.17. The fraction of sp³-hybridized carbons (Fsp3) is 0.740. The first-order valence-corrected chi connectivity index (χ1v) is 22.8.